The minimum atomic E-state index is -0.392. The molecule has 2 amide bonds. The number of benzene rings is 1. The number of carbonyl (C=O) groups excluding carboxylic acids is 1. The molecular weight excluding hydrogens is 220 g/mol. The first-order valence-corrected chi connectivity index (χ1v) is 5.57. The van der Waals surface area contributed by atoms with E-state index in [1.807, 2.05) is 0 Å². The van der Waals surface area contributed by atoms with Crippen LogP contribution in [0.4, 0.5) is 10.5 Å². The summed E-state index contributed by atoms with van der Waals surface area (Å²) in [5, 5.41) is 12.1. The first kappa shape index (κ1) is 11.7. The fourth-order valence-electron chi connectivity index (χ4n) is 1.80. The van der Waals surface area contributed by atoms with Gasteiger partial charge in [-0.3, -0.25) is 0 Å². The molecule has 92 valence electrons. The molecule has 1 fully saturated rings. The third kappa shape index (κ3) is 2.88. The molecule has 5 nitrogen and oxygen atoms in total. The van der Waals surface area contributed by atoms with Crippen LogP contribution in [-0.2, 0) is 0 Å². The van der Waals surface area contributed by atoms with Gasteiger partial charge in [-0.05, 0) is 30.7 Å². The average molecular weight is 236 g/mol. The fourth-order valence-corrected chi connectivity index (χ4v) is 1.80. The molecule has 0 aromatic heterocycles. The minimum absolute atomic E-state index is 0.174. The van der Waals surface area contributed by atoms with Crippen LogP contribution in [0.15, 0.2) is 24.3 Å². The Bertz CT molecular complexity index is 391. The Morgan fingerprint density at radius 2 is 2.18 bits per heavy atom. The number of aliphatic hydroxyl groups is 1. The molecular formula is C12H16N2O3. The Kier molecular flexibility index (Phi) is 3.49. The zero-order chi connectivity index (χ0) is 12.3. The van der Waals surface area contributed by atoms with Gasteiger partial charge < -0.3 is 20.1 Å². The number of urea groups is 1. The summed E-state index contributed by atoms with van der Waals surface area (Å²) in [5.41, 5.74) is 0.720. The summed E-state index contributed by atoms with van der Waals surface area (Å²) in [6.45, 7) is 1.01. The first-order chi connectivity index (χ1) is 8.19. The van der Waals surface area contributed by atoms with Crippen LogP contribution >= 0.6 is 0 Å². The molecule has 1 heterocycles. The number of anilines is 1. The summed E-state index contributed by atoms with van der Waals surface area (Å²) < 4.78 is 5.03. The number of likely N-dealkylation sites (tertiary alicyclic amines) is 1. The Labute approximate surface area is 100.0 Å². The summed E-state index contributed by atoms with van der Waals surface area (Å²) in [4.78, 5) is 13.4. The highest BCUT2D eigenvalue weighted by molar-refractivity contribution is 5.89. The quantitative estimate of drug-likeness (QED) is 0.813. The first-order valence-electron chi connectivity index (χ1n) is 5.57. The molecule has 1 unspecified atom stereocenters. The van der Waals surface area contributed by atoms with Crippen molar-refractivity contribution in [2.45, 2.75) is 12.5 Å². The largest absolute Gasteiger partial charge is 0.497 e. The van der Waals surface area contributed by atoms with Crippen LogP contribution in [0.3, 0.4) is 0 Å². The zero-order valence-corrected chi connectivity index (χ0v) is 9.72. The van der Waals surface area contributed by atoms with E-state index in [9.17, 15) is 9.90 Å². The molecule has 1 atom stereocenters. The highest BCUT2D eigenvalue weighted by Gasteiger charge is 2.24. The van der Waals surface area contributed by atoms with Gasteiger partial charge in [-0.1, -0.05) is 0 Å². The van der Waals surface area contributed by atoms with Crippen LogP contribution in [0, 0.1) is 0 Å². The fraction of sp³-hybridized carbons (Fsp3) is 0.417. The van der Waals surface area contributed by atoms with Crippen molar-refractivity contribution in [1.29, 1.82) is 0 Å². The number of rotatable bonds is 2. The van der Waals surface area contributed by atoms with Crippen molar-refractivity contribution in [1.82, 2.24) is 4.90 Å². The maximum atomic E-state index is 11.8. The minimum Gasteiger partial charge on any atom is -0.497 e. The van der Waals surface area contributed by atoms with Gasteiger partial charge in [-0.2, -0.15) is 0 Å². The smallest absolute Gasteiger partial charge is 0.321 e. The molecule has 1 aliphatic heterocycles. The van der Waals surface area contributed by atoms with Crippen molar-refractivity contribution < 1.29 is 14.6 Å². The van der Waals surface area contributed by atoms with Crippen LogP contribution in [0.5, 0.6) is 5.75 Å². The van der Waals surface area contributed by atoms with Crippen molar-refractivity contribution in [3.8, 4) is 5.75 Å². The van der Waals surface area contributed by atoms with Crippen molar-refractivity contribution in [3.63, 3.8) is 0 Å². The number of nitrogens with zero attached hydrogens (tertiary/aromatic N) is 1. The number of hydrogen-bond donors (Lipinski definition) is 2. The highest BCUT2D eigenvalue weighted by atomic mass is 16.5. The Morgan fingerprint density at radius 3 is 2.71 bits per heavy atom. The van der Waals surface area contributed by atoms with E-state index < -0.39 is 6.10 Å². The van der Waals surface area contributed by atoms with Gasteiger partial charge in [0, 0.05) is 18.8 Å². The third-order valence-corrected chi connectivity index (χ3v) is 2.79. The predicted octanol–water partition coefficient (Wildman–Crippen LogP) is 1.29. The van der Waals surface area contributed by atoms with E-state index in [1.54, 1.807) is 36.3 Å². The van der Waals surface area contributed by atoms with Gasteiger partial charge in [-0.25, -0.2) is 4.79 Å². The van der Waals surface area contributed by atoms with Gasteiger partial charge in [-0.15, -0.1) is 0 Å². The van der Waals surface area contributed by atoms with Crippen LogP contribution in [-0.4, -0.2) is 42.3 Å². The average Bonchev–Trinajstić information content (AvgIpc) is 2.77. The summed E-state index contributed by atoms with van der Waals surface area (Å²) in [5.74, 6) is 0.750. The van der Waals surface area contributed by atoms with Crippen LogP contribution in [0.25, 0.3) is 0 Å². The molecule has 1 saturated heterocycles. The molecule has 17 heavy (non-hydrogen) atoms. The topological polar surface area (TPSA) is 61.8 Å². The molecule has 1 aliphatic rings. The van der Waals surface area contributed by atoms with Crippen molar-refractivity contribution in [2.75, 3.05) is 25.5 Å². The number of carbonyl (C=O) groups is 1. The van der Waals surface area contributed by atoms with Gasteiger partial charge in [0.05, 0.1) is 13.2 Å². The molecule has 0 spiro atoms. The molecule has 1 aromatic carbocycles. The Morgan fingerprint density at radius 1 is 1.47 bits per heavy atom. The van der Waals surface area contributed by atoms with Crippen molar-refractivity contribution in [3.05, 3.63) is 24.3 Å². The van der Waals surface area contributed by atoms with E-state index in [1.165, 1.54) is 0 Å². The Hall–Kier alpha value is -1.75. The SMILES string of the molecule is COc1ccc(NC(=O)N2CCC(O)C2)cc1. The number of ether oxygens (including phenoxy) is 1. The summed E-state index contributed by atoms with van der Waals surface area (Å²) in [6.07, 6.45) is 0.257. The molecule has 1 aromatic rings. The predicted molar refractivity (Wildman–Crippen MR) is 64.2 cm³/mol. The van der Waals surface area contributed by atoms with E-state index in [-0.39, 0.29) is 6.03 Å². The van der Waals surface area contributed by atoms with E-state index >= 15 is 0 Å². The van der Waals surface area contributed by atoms with Crippen molar-refractivity contribution in [2.24, 2.45) is 0 Å². The number of aliphatic hydroxyl groups excluding tert-OH is 1. The molecule has 0 saturated carbocycles. The number of amides is 2. The lowest BCUT2D eigenvalue weighted by molar-refractivity contribution is 0.176. The molecule has 2 N–H and O–H groups in total. The summed E-state index contributed by atoms with van der Waals surface area (Å²) >= 11 is 0. The number of hydrogen-bond acceptors (Lipinski definition) is 3. The summed E-state index contributed by atoms with van der Waals surface area (Å²) in [6, 6.07) is 6.96. The van der Waals surface area contributed by atoms with Crippen LogP contribution in [0.1, 0.15) is 6.42 Å². The van der Waals surface area contributed by atoms with E-state index in [0.717, 1.165) is 11.4 Å². The standard InChI is InChI=1S/C12H16N2O3/c1-17-11-4-2-9(3-5-11)13-12(16)14-7-6-10(15)8-14/h2-5,10,15H,6-8H2,1H3,(H,13,16). The monoisotopic (exact) mass is 236 g/mol. The van der Waals surface area contributed by atoms with E-state index in [0.29, 0.717) is 19.5 Å². The molecule has 2 rings (SSSR count). The van der Waals surface area contributed by atoms with Crippen LogP contribution in [0.2, 0.25) is 0 Å². The van der Waals surface area contributed by atoms with E-state index in [4.69, 9.17) is 4.74 Å². The number of methoxy groups -OCH3 is 1. The lowest BCUT2D eigenvalue weighted by Crippen LogP contribution is -2.33. The van der Waals surface area contributed by atoms with Gasteiger partial charge in [0.1, 0.15) is 5.75 Å². The van der Waals surface area contributed by atoms with Crippen molar-refractivity contribution >= 4 is 11.7 Å². The Balaban J connectivity index is 1.93. The summed E-state index contributed by atoms with van der Waals surface area (Å²) in [7, 11) is 1.60. The molecule has 0 bridgehead atoms. The van der Waals surface area contributed by atoms with Gasteiger partial charge in [0.2, 0.25) is 0 Å². The lowest BCUT2D eigenvalue weighted by atomic mass is 10.3. The number of β-amino-alcohol motifs (C(OH)–C–C–N with tert-alkyl or cyclic N) is 1. The molecule has 0 aliphatic carbocycles. The van der Waals surface area contributed by atoms with E-state index in [2.05, 4.69) is 5.32 Å². The highest BCUT2D eigenvalue weighted by Crippen LogP contribution is 2.16. The normalized spacial score (nSPS) is 19.2. The van der Waals surface area contributed by atoms with Gasteiger partial charge in [0.15, 0.2) is 0 Å². The van der Waals surface area contributed by atoms with Gasteiger partial charge >= 0.3 is 6.03 Å². The second-order valence-corrected chi connectivity index (χ2v) is 4.05. The molecule has 0 radical (unpaired) electrons. The maximum absolute atomic E-state index is 11.8. The number of nitrogens with one attached hydrogen (secondary N) is 1. The second-order valence-electron chi connectivity index (χ2n) is 4.05. The third-order valence-electron chi connectivity index (χ3n) is 2.79. The maximum Gasteiger partial charge on any atom is 0.321 e. The lowest BCUT2D eigenvalue weighted by Gasteiger charge is -2.16. The van der Waals surface area contributed by atoms with Gasteiger partial charge in [0.25, 0.3) is 0 Å². The zero-order valence-electron chi connectivity index (χ0n) is 9.72. The van der Waals surface area contributed by atoms with Crippen LogP contribution < -0.4 is 10.1 Å². The second kappa shape index (κ2) is 5.05. The molecule has 5 heteroatoms.